The maximum atomic E-state index is 10.7. The minimum absolute atomic E-state index is 0.0892. The van der Waals surface area contributed by atoms with Gasteiger partial charge in [-0.05, 0) is 11.6 Å². The van der Waals surface area contributed by atoms with Gasteiger partial charge in [-0.3, -0.25) is 0 Å². The molecule has 0 fully saturated rings. The third-order valence-corrected chi connectivity index (χ3v) is 1.82. The fourth-order valence-corrected chi connectivity index (χ4v) is 1.20. The van der Waals surface area contributed by atoms with E-state index < -0.39 is 5.97 Å². The topological polar surface area (TPSA) is 78.9 Å². The van der Waals surface area contributed by atoms with Gasteiger partial charge in [0.15, 0.2) is 0 Å². The summed E-state index contributed by atoms with van der Waals surface area (Å²) in [7, 11) is 0. The van der Waals surface area contributed by atoms with E-state index in [1.54, 1.807) is 0 Å². The van der Waals surface area contributed by atoms with Crippen LogP contribution in [0.25, 0.3) is 11.0 Å². The summed E-state index contributed by atoms with van der Waals surface area (Å²) >= 11 is 5.52. The van der Waals surface area contributed by atoms with Crippen LogP contribution in [0.15, 0.2) is 12.4 Å². The van der Waals surface area contributed by atoms with Crippen molar-refractivity contribution in [2.24, 2.45) is 0 Å². The Kier molecular flexibility index (Phi) is 1.66. The molecule has 0 atom stereocenters. The normalized spacial score (nSPS) is 10.5. The zero-order valence-electron chi connectivity index (χ0n) is 6.28. The molecule has 0 aliphatic heterocycles. The molecule has 0 unspecified atom stereocenters. The molecule has 0 aliphatic carbocycles. The number of carboxylic acid groups (broad SMARTS) is 1. The van der Waals surface area contributed by atoms with Crippen molar-refractivity contribution in [2.75, 3.05) is 0 Å². The molecule has 0 aliphatic rings. The van der Waals surface area contributed by atoms with Gasteiger partial charge in [0, 0.05) is 12.4 Å². The van der Waals surface area contributed by atoms with Crippen molar-refractivity contribution in [3.8, 4) is 0 Å². The van der Waals surface area contributed by atoms with Crippen molar-refractivity contribution in [3.05, 3.63) is 23.2 Å². The number of nitrogens with one attached hydrogen (secondary N) is 1. The molecule has 0 aromatic carbocycles. The van der Waals surface area contributed by atoms with Crippen molar-refractivity contribution < 1.29 is 9.90 Å². The molecule has 0 bridgehead atoms. The van der Waals surface area contributed by atoms with Gasteiger partial charge in [-0.2, -0.15) is 4.98 Å². The lowest BCUT2D eigenvalue weighted by atomic mass is 10.2. The summed E-state index contributed by atoms with van der Waals surface area (Å²) in [6.07, 6.45) is 2.74. The zero-order valence-corrected chi connectivity index (χ0v) is 7.04. The second kappa shape index (κ2) is 2.70. The lowest BCUT2D eigenvalue weighted by Gasteiger charge is -1.90. The Labute approximate surface area is 77.4 Å². The number of aromatic carboxylic acids is 1. The summed E-state index contributed by atoms with van der Waals surface area (Å²) in [5, 5.41) is 9.28. The molecule has 66 valence electrons. The number of carbonyl (C=O) groups is 1. The fourth-order valence-electron chi connectivity index (χ4n) is 1.06. The van der Waals surface area contributed by atoms with Crippen LogP contribution in [0.4, 0.5) is 0 Å². The van der Waals surface area contributed by atoms with E-state index >= 15 is 0 Å². The van der Waals surface area contributed by atoms with Crippen molar-refractivity contribution >= 4 is 28.6 Å². The molecular weight excluding hydrogens is 194 g/mol. The lowest BCUT2D eigenvalue weighted by Crippen LogP contribution is -1.94. The number of hydrogen-bond acceptors (Lipinski definition) is 3. The molecule has 6 heteroatoms. The number of H-pyrrole nitrogens is 1. The van der Waals surface area contributed by atoms with Crippen LogP contribution in [0.1, 0.15) is 10.4 Å². The van der Waals surface area contributed by atoms with Crippen molar-refractivity contribution in [1.82, 2.24) is 15.0 Å². The highest BCUT2D eigenvalue weighted by atomic mass is 35.5. The van der Waals surface area contributed by atoms with E-state index in [4.69, 9.17) is 16.7 Å². The monoisotopic (exact) mass is 197 g/mol. The molecular formula is C7H4ClN3O2. The molecule has 0 saturated carbocycles. The molecule has 0 spiro atoms. The Morgan fingerprint density at radius 3 is 3.08 bits per heavy atom. The first-order chi connectivity index (χ1) is 6.18. The van der Waals surface area contributed by atoms with Crippen molar-refractivity contribution in [1.29, 1.82) is 0 Å². The molecule has 0 amide bonds. The number of carboxylic acids is 1. The maximum Gasteiger partial charge on any atom is 0.337 e. The first-order valence-corrected chi connectivity index (χ1v) is 3.79. The molecule has 0 radical (unpaired) electrons. The third-order valence-electron chi connectivity index (χ3n) is 1.63. The summed E-state index contributed by atoms with van der Waals surface area (Å²) in [5.74, 6) is -1.02. The van der Waals surface area contributed by atoms with Crippen LogP contribution in [0.5, 0.6) is 0 Å². The number of aromatic amines is 1. The highest BCUT2D eigenvalue weighted by molar-refractivity contribution is 6.28. The molecule has 2 aromatic heterocycles. The van der Waals surface area contributed by atoms with Crippen LogP contribution in [0.3, 0.4) is 0 Å². The van der Waals surface area contributed by atoms with E-state index in [-0.39, 0.29) is 10.8 Å². The first kappa shape index (κ1) is 8.00. The third kappa shape index (κ3) is 1.23. The maximum absolute atomic E-state index is 10.7. The summed E-state index contributed by atoms with van der Waals surface area (Å²) < 4.78 is 0. The highest BCUT2D eigenvalue weighted by Crippen LogP contribution is 2.16. The van der Waals surface area contributed by atoms with Crippen LogP contribution in [-0.2, 0) is 0 Å². The quantitative estimate of drug-likeness (QED) is 0.676. The molecule has 5 nitrogen and oxygen atoms in total. The van der Waals surface area contributed by atoms with Crippen LogP contribution < -0.4 is 0 Å². The number of halogens is 1. The second-order valence-electron chi connectivity index (χ2n) is 2.41. The van der Waals surface area contributed by atoms with Gasteiger partial charge in [-0.1, -0.05) is 0 Å². The van der Waals surface area contributed by atoms with Gasteiger partial charge < -0.3 is 10.1 Å². The summed E-state index contributed by atoms with van der Waals surface area (Å²) in [4.78, 5) is 20.9. The molecule has 2 heterocycles. The minimum Gasteiger partial charge on any atom is -0.478 e. The number of rotatable bonds is 1. The Morgan fingerprint density at radius 1 is 1.62 bits per heavy atom. The SMILES string of the molecule is O=C(O)c1c[nH]c2nc(Cl)ncc12. The lowest BCUT2D eigenvalue weighted by molar-refractivity contribution is 0.0699. The summed E-state index contributed by atoms with van der Waals surface area (Å²) in [6.45, 7) is 0. The average Bonchev–Trinajstić information content (AvgIpc) is 2.46. The standard InChI is InChI=1S/C7H4ClN3O2/c8-7-10-1-3-4(6(12)13)2-9-5(3)11-7/h1-2H,(H,12,13)(H,9,10,11). The number of aromatic nitrogens is 3. The van der Waals surface area contributed by atoms with E-state index in [1.165, 1.54) is 12.4 Å². The number of fused-ring (bicyclic) bond motifs is 1. The van der Waals surface area contributed by atoms with Gasteiger partial charge >= 0.3 is 5.97 Å². The van der Waals surface area contributed by atoms with Crippen LogP contribution >= 0.6 is 11.6 Å². The minimum atomic E-state index is -1.02. The van der Waals surface area contributed by atoms with Crippen LogP contribution in [0.2, 0.25) is 5.28 Å². The van der Waals surface area contributed by atoms with Gasteiger partial charge in [0.2, 0.25) is 5.28 Å². The molecule has 2 N–H and O–H groups in total. The molecule has 13 heavy (non-hydrogen) atoms. The van der Waals surface area contributed by atoms with E-state index in [0.29, 0.717) is 11.0 Å². The van der Waals surface area contributed by atoms with Gasteiger partial charge in [0.1, 0.15) is 5.65 Å². The molecule has 2 aromatic rings. The van der Waals surface area contributed by atoms with Gasteiger partial charge in [-0.15, -0.1) is 0 Å². The molecule has 0 saturated heterocycles. The summed E-state index contributed by atoms with van der Waals surface area (Å²) in [5.41, 5.74) is 0.573. The average molecular weight is 198 g/mol. The molecule has 2 rings (SSSR count). The van der Waals surface area contributed by atoms with Crippen molar-refractivity contribution in [3.63, 3.8) is 0 Å². The van der Waals surface area contributed by atoms with E-state index in [0.717, 1.165) is 0 Å². The predicted molar refractivity (Wildman–Crippen MR) is 45.9 cm³/mol. The van der Waals surface area contributed by atoms with E-state index in [9.17, 15) is 4.79 Å². The largest absolute Gasteiger partial charge is 0.478 e. The van der Waals surface area contributed by atoms with Crippen LogP contribution in [0, 0.1) is 0 Å². The van der Waals surface area contributed by atoms with E-state index in [1.807, 2.05) is 0 Å². The van der Waals surface area contributed by atoms with Gasteiger partial charge in [-0.25, -0.2) is 9.78 Å². The van der Waals surface area contributed by atoms with E-state index in [2.05, 4.69) is 15.0 Å². The zero-order chi connectivity index (χ0) is 9.42. The second-order valence-corrected chi connectivity index (χ2v) is 2.75. The Hall–Kier alpha value is -1.62. The van der Waals surface area contributed by atoms with Crippen molar-refractivity contribution in [2.45, 2.75) is 0 Å². The fraction of sp³-hybridized carbons (Fsp3) is 0. The smallest absolute Gasteiger partial charge is 0.337 e. The van der Waals surface area contributed by atoms with Crippen LogP contribution in [-0.4, -0.2) is 26.0 Å². The number of nitrogens with zero attached hydrogens (tertiary/aromatic N) is 2. The Bertz CT molecular complexity index is 480. The summed E-state index contributed by atoms with van der Waals surface area (Å²) in [6, 6.07) is 0. The number of hydrogen-bond donors (Lipinski definition) is 2. The Morgan fingerprint density at radius 2 is 2.38 bits per heavy atom. The van der Waals surface area contributed by atoms with Gasteiger partial charge in [0.05, 0.1) is 10.9 Å². The van der Waals surface area contributed by atoms with Gasteiger partial charge in [0.25, 0.3) is 0 Å². The Balaban J connectivity index is 2.76. The first-order valence-electron chi connectivity index (χ1n) is 3.41. The predicted octanol–water partition coefficient (Wildman–Crippen LogP) is 1.31. The highest BCUT2D eigenvalue weighted by Gasteiger charge is 2.11.